The fraction of sp³-hybridized carbons (Fsp3) is 0.406. The van der Waals surface area contributed by atoms with Crippen LogP contribution in [0, 0.1) is 0 Å². The SMILES string of the molecule is CC(C)c1cccc(C(C)C)c1NC(=O)NCC1(Nc2ccccc2-c2ccccc2)CCN(C)CC1. The fourth-order valence-corrected chi connectivity index (χ4v) is 5.24. The molecule has 5 heteroatoms. The average Bonchev–Trinajstić information content (AvgIpc) is 2.90. The monoisotopic (exact) mass is 498 g/mol. The maximum absolute atomic E-state index is 13.3. The van der Waals surface area contributed by atoms with E-state index in [-0.39, 0.29) is 11.6 Å². The molecule has 1 saturated heterocycles. The van der Waals surface area contributed by atoms with Gasteiger partial charge in [-0.25, -0.2) is 4.79 Å². The highest BCUT2D eigenvalue weighted by Crippen LogP contribution is 2.34. The predicted octanol–water partition coefficient (Wildman–Crippen LogP) is 7.30. The number of amides is 2. The van der Waals surface area contributed by atoms with Gasteiger partial charge >= 0.3 is 6.03 Å². The van der Waals surface area contributed by atoms with E-state index in [1.54, 1.807) is 0 Å². The number of hydrogen-bond acceptors (Lipinski definition) is 3. The molecule has 0 unspecified atom stereocenters. The van der Waals surface area contributed by atoms with Crippen LogP contribution in [0.4, 0.5) is 16.2 Å². The van der Waals surface area contributed by atoms with E-state index in [1.807, 2.05) is 6.07 Å². The summed E-state index contributed by atoms with van der Waals surface area (Å²) in [5, 5.41) is 10.3. The van der Waals surface area contributed by atoms with Crippen molar-refractivity contribution in [2.75, 3.05) is 37.3 Å². The first-order valence-corrected chi connectivity index (χ1v) is 13.6. The number of urea groups is 1. The van der Waals surface area contributed by atoms with E-state index in [0.29, 0.717) is 18.4 Å². The molecule has 0 bridgehead atoms. The van der Waals surface area contributed by atoms with Crippen molar-refractivity contribution in [3.8, 4) is 11.1 Å². The Bertz CT molecular complexity index is 1150. The van der Waals surface area contributed by atoms with Crippen molar-refractivity contribution in [1.82, 2.24) is 10.2 Å². The number of rotatable bonds is 8. The minimum Gasteiger partial charge on any atom is -0.377 e. The molecule has 0 aromatic heterocycles. The first kappa shape index (κ1) is 26.7. The number of piperidine rings is 1. The van der Waals surface area contributed by atoms with E-state index < -0.39 is 0 Å². The van der Waals surface area contributed by atoms with Crippen LogP contribution in [0.2, 0.25) is 0 Å². The summed E-state index contributed by atoms with van der Waals surface area (Å²) in [5.41, 5.74) is 6.53. The Morgan fingerprint density at radius 1 is 0.838 bits per heavy atom. The topological polar surface area (TPSA) is 56.4 Å². The maximum Gasteiger partial charge on any atom is 0.319 e. The van der Waals surface area contributed by atoms with E-state index in [0.717, 1.165) is 37.3 Å². The number of carbonyl (C=O) groups excluding carboxylic acids is 1. The van der Waals surface area contributed by atoms with Gasteiger partial charge in [-0.2, -0.15) is 0 Å². The van der Waals surface area contributed by atoms with Crippen LogP contribution >= 0.6 is 0 Å². The highest BCUT2D eigenvalue weighted by molar-refractivity contribution is 5.91. The maximum atomic E-state index is 13.3. The molecule has 196 valence electrons. The Morgan fingerprint density at radius 2 is 1.43 bits per heavy atom. The molecule has 2 amide bonds. The molecule has 1 heterocycles. The Labute approximate surface area is 222 Å². The average molecular weight is 499 g/mol. The van der Waals surface area contributed by atoms with Crippen molar-refractivity contribution < 1.29 is 4.79 Å². The third kappa shape index (κ3) is 6.53. The van der Waals surface area contributed by atoms with Crippen molar-refractivity contribution in [2.24, 2.45) is 0 Å². The third-order valence-corrected chi connectivity index (χ3v) is 7.55. The second kappa shape index (κ2) is 11.8. The van der Waals surface area contributed by atoms with Crippen LogP contribution in [0.1, 0.15) is 63.5 Å². The van der Waals surface area contributed by atoms with Crippen LogP contribution in [0.5, 0.6) is 0 Å². The number of likely N-dealkylation sites (tertiary alicyclic amines) is 1. The minimum atomic E-state index is -0.229. The third-order valence-electron chi connectivity index (χ3n) is 7.55. The first-order valence-electron chi connectivity index (χ1n) is 13.6. The van der Waals surface area contributed by atoms with E-state index in [2.05, 4.69) is 122 Å². The first-order chi connectivity index (χ1) is 17.8. The number of nitrogens with one attached hydrogen (secondary N) is 3. The smallest absolute Gasteiger partial charge is 0.319 e. The summed E-state index contributed by atoms with van der Waals surface area (Å²) in [4.78, 5) is 15.6. The molecule has 5 nitrogen and oxygen atoms in total. The zero-order valence-corrected chi connectivity index (χ0v) is 23.0. The van der Waals surface area contributed by atoms with Crippen molar-refractivity contribution in [2.45, 2.75) is 57.9 Å². The molecule has 3 aromatic carbocycles. The summed E-state index contributed by atoms with van der Waals surface area (Å²) in [5.74, 6) is 0.649. The van der Waals surface area contributed by atoms with Gasteiger partial charge < -0.3 is 20.9 Å². The minimum absolute atomic E-state index is 0.147. The van der Waals surface area contributed by atoms with Gasteiger partial charge in [0.25, 0.3) is 0 Å². The van der Waals surface area contributed by atoms with E-state index in [1.165, 1.54) is 22.3 Å². The Morgan fingerprint density at radius 3 is 2.05 bits per heavy atom. The van der Waals surface area contributed by atoms with Gasteiger partial charge in [0.05, 0.1) is 5.54 Å². The lowest BCUT2D eigenvalue weighted by atomic mass is 9.86. The lowest BCUT2D eigenvalue weighted by molar-refractivity contribution is 0.200. The van der Waals surface area contributed by atoms with Gasteiger partial charge in [0, 0.05) is 36.6 Å². The molecule has 1 aliphatic heterocycles. The summed E-state index contributed by atoms with van der Waals surface area (Å²) >= 11 is 0. The summed E-state index contributed by atoms with van der Waals surface area (Å²) < 4.78 is 0. The standard InChI is InChI=1S/C32H42N4O/c1-23(2)26-15-11-16-27(24(3)4)30(26)34-31(37)33-22-32(18-20-36(5)21-19-32)35-29-17-10-9-14-28(29)25-12-7-6-8-13-25/h6-17,23-24,35H,18-22H2,1-5H3,(H2,33,34,37). The highest BCUT2D eigenvalue weighted by Gasteiger charge is 2.34. The molecular weight excluding hydrogens is 456 g/mol. The van der Waals surface area contributed by atoms with E-state index in [4.69, 9.17) is 0 Å². The Kier molecular flexibility index (Phi) is 8.55. The van der Waals surface area contributed by atoms with Crippen LogP contribution in [0.3, 0.4) is 0 Å². The molecule has 1 aliphatic rings. The number of nitrogens with zero attached hydrogens (tertiary/aromatic N) is 1. The van der Waals surface area contributed by atoms with Crippen LogP contribution < -0.4 is 16.0 Å². The van der Waals surface area contributed by atoms with Crippen molar-refractivity contribution in [1.29, 1.82) is 0 Å². The Balaban J connectivity index is 1.55. The van der Waals surface area contributed by atoms with Gasteiger partial charge in [-0.05, 0) is 54.5 Å². The molecule has 4 rings (SSSR count). The fourth-order valence-electron chi connectivity index (χ4n) is 5.24. The van der Waals surface area contributed by atoms with Crippen LogP contribution in [-0.2, 0) is 0 Å². The zero-order chi connectivity index (χ0) is 26.4. The highest BCUT2D eigenvalue weighted by atomic mass is 16.2. The van der Waals surface area contributed by atoms with E-state index >= 15 is 0 Å². The summed E-state index contributed by atoms with van der Waals surface area (Å²) in [6.45, 7) is 11.2. The van der Waals surface area contributed by atoms with E-state index in [9.17, 15) is 4.79 Å². The predicted molar refractivity (Wildman–Crippen MR) is 157 cm³/mol. The van der Waals surface area contributed by atoms with Gasteiger partial charge in [-0.15, -0.1) is 0 Å². The van der Waals surface area contributed by atoms with Crippen LogP contribution in [-0.4, -0.2) is 43.2 Å². The summed E-state index contributed by atoms with van der Waals surface area (Å²) in [6, 6.07) is 25.1. The van der Waals surface area contributed by atoms with Crippen molar-refractivity contribution in [3.63, 3.8) is 0 Å². The molecule has 3 aromatic rings. The normalized spacial score (nSPS) is 15.5. The molecular formula is C32H42N4O. The zero-order valence-electron chi connectivity index (χ0n) is 23.0. The molecule has 0 saturated carbocycles. The quantitative estimate of drug-likeness (QED) is 0.305. The molecule has 0 aliphatic carbocycles. The van der Waals surface area contributed by atoms with Gasteiger partial charge in [0.2, 0.25) is 0 Å². The van der Waals surface area contributed by atoms with Gasteiger partial charge in [0.15, 0.2) is 0 Å². The molecule has 0 spiro atoms. The van der Waals surface area contributed by atoms with Crippen molar-refractivity contribution >= 4 is 17.4 Å². The van der Waals surface area contributed by atoms with Crippen molar-refractivity contribution in [3.05, 3.63) is 83.9 Å². The van der Waals surface area contributed by atoms with Gasteiger partial charge in [0.1, 0.15) is 0 Å². The molecule has 0 atom stereocenters. The van der Waals surface area contributed by atoms with Gasteiger partial charge in [-0.3, -0.25) is 0 Å². The molecule has 3 N–H and O–H groups in total. The second-order valence-electron chi connectivity index (χ2n) is 11.0. The Hall–Kier alpha value is -3.31. The summed E-state index contributed by atoms with van der Waals surface area (Å²) in [6.07, 6.45) is 1.90. The number of anilines is 2. The molecule has 37 heavy (non-hydrogen) atoms. The molecule has 1 fully saturated rings. The molecule has 0 radical (unpaired) electrons. The van der Waals surface area contributed by atoms with Crippen LogP contribution in [0.25, 0.3) is 11.1 Å². The largest absolute Gasteiger partial charge is 0.377 e. The summed E-state index contributed by atoms with van der Waals surface area (Å²) in [7, 11) is 2.16. The number of carbonyl (C=O) groups is 1. The second-order valence-corrected chi connectivity index (χ2v) is 11.0. The lowest BCUT2D eigenvalue weighted by Crippen LogP contribution is -2.55. The van der Waals surface area contributed by atoms with Gasteiger partial charge in [-0.1, -0.05) is 94.4 Å². The number of para-hydroxylation sites is 2. The number of benzene rings is 3. The number of hydrogen-bond donors (Lipinski definition) is 3. The lowest BCUT2D eigenvalue weighted by Gasteiger charge is -2.42. The van der Waals surface area contributed by atoms with Crippen LogP contribution in [0.15, 0.2) is 72.8 Å².